The number of hydrogen-bond acceptors (Lipinski definition) is 3. The van der Waals surface area contributed by atoms with Crippen molar-refractivity contribution >= 4 is 23.2 Å². The third kappa shape index (κ3) is 4.78. The Morgan fingerprint density at radius 1 is 0.966 bits per heavy atom. The van der Waals surface area contributed by atoms with Gasteiger partial charge in [-0.05, 0) is 55.5 Å². The van der Waals surface area contributed by atoms with Gasteiger partial charge in [0.1, 0.15) is 0 Å². The average Bonchev–Trinajstić information content (AvgIpc) is 2.78. The van der Waals surface area contributed by atoms with Gasteiger partial charge < -0.3 is 15.5 Å². The molecular weight excluding hydrogens is 362 g/mol. The van der Waals surface area contributed by atoms with Gasteiger partial charge in [0, 0.05) is 29.5 Å². The molecule has 2 amide bonds. The van der Waals surface area contributed by atoms with Crippen LogP contribution in [-0.2, 0) is 11.2 Å². The highest BCUT2D eigenvalue weighted by Gasteiger charge is 2.22. The fourth-order valence-corrected chi connectivity index (χ4v) is 4.35. The number of amides is 2. The standard InChI is InChI=1S/C24H29N3O2/c28-23(27-15-7-10-18-8-4-5-14-22(18)27)17-25-21-13-6-9-19(16-21)24(29)26-20-11-2-1-3-12-20/h4-6,8-9,13-14,16,20,25H,1-3,7,10-12,15,17H2,(H,26,29). The Kier molecular flexibility index (Phi) is 6.13. The second-order valence-electron chi connectivity index (χ2n) is 8.02. The molecular formula is C24H29N3O2. The number of carbonyl (C=O) groups is 2. The molecule has 2 aromatic carbocycles. The second kappa shape index (κ2) is 9.12. The molecule has 0 spiro atoms. The lowest BCUT2D eigenvalue weighted by molar-refractivity contribution is -0.117. The fraction of sp³-hybridized carbons (Fsp3) is 0.417. The van der Waals surface area contributed by atoms with Crippen molar-refractivity contribution in [2.45, 2.75) is 51.0 Å². The van der Waals surface area contributed by atoms with Crippen LogP contribution < -0.4 is 15.5 Å². The van der Waals surface area contributed by atoms with Crippen LogP contribution in [0.5, 0.6) is 0 Å². The topological polar surface area (TPSA) is 61.4 Å². The Labute approximate surface area is 172 Å². The molecule has 0 bridgehead atoms. The van der Waals surface area contributed by atoms with E-state index in [2.05, 4.69) is 16.7 Å². The van der Waals surface area contributed by atoms with Gasteiger partial charge in [-0.1, -0.05) is 43.5 Å². The predicted molar refractivity (Wildman–Crippen MR) is 116 cm³/mol. The lowest BCUT2D eigenvalue weighted by Gasteiger charge is -2.29. The van der Waals surface area contributed by atoms with Crippen molar-refractivity contribution in [2.24, 2.45) is 0 Å². The van der Waals surface area contributed by atoms with Gasteiger partial charge in [-0.2, -0.15) is 0 Å². The summed E-state index contributed by atoms with van der Waals surface area (Å²) in [4.78, 5) is 27.2. The first kappa shape index (κ1) is 19.5. The zero-order valence-corrected chi connectivity index (χ0v) is 16.8. The predicted octanol–water partition coefficient (Wildman–Crippen LogP) is 4.14. The summed E-state index contributed by atoms with van der Waals surface area (Å²) in [6, 6.07) is 15.8. The van der Waals surface area contributed by atoms with Gasteiger partial charge >= 0.3 is 0 Å². The Hall–Kier alpha value is -2.82. The molecule has 0 unspecified atom stereocenters. The number of aryl methyl sites for hydroxylation is 1. The monoisotopic (exact) mass is 391 g/mol. The quantitative estimate of drug-likeness (QED) is 0.805. The van der Waals surface area contributed by atoms with Crippen LogP contribution >= 0.6 is 0 Å². The molecule has 5 nitrogen and oxygen atoms in total. The molecule has 2 aliphatic rings. The van der Waals surface area contributed by atoms with Crippen LogP contribution in [0.2, 0.25) is 0 Å². The van der Waals surface area contributed by atoms with E-state index in [1.807, 2.05) is 47.4 Å². The summed E-state index contributed by atoms with van der Waals surface area (Å²) >= 11 is 0. The summed E-state index contributed by atoms with van der Waals surface area (Å²) in [5, 5.41) is 6.35. The molecule has 1 aliphatic heterocycles. The molecule has 1 aliphatic carbocycles. The van der Waals surface area contributed by atoms with E-state index in [9.17, 15) is 9.59 Å². The summed E-state index contributed by atoms with van der Waals surface area (Å²) in [7, 11) is 0. The Morgan fingerprint density at radius 3 is 2.66 bits per heavy atom. The number of carbonyl (C=O) groups excluding carboxylic acids is 2. The number of fused-ring (bicyclic) bond motifs is 1. The number of nitrogens with one attached hydrogen (secondary N) is 2. The smallest absolute Gasteiger partial charge is 0.251 e. The van der Waals surface area contributed by atoms with Gasteiger partial charge in [0.2, 0.25) is 5.91 Å². The lowest BCUT2D eigenvalue weighted by Crippen LogP contribution is -2.39. The van der Waals surface area contributed by atoms with Crippen molar-refractivity contribution < 1.29 is 9.59 Å². The first-order chi connectivity index (χ1) is 14.2. The summed E-state index contributed by atoms with van der Waals surface area (Å²) in [5.74, 6) is 0.0195. The largest absolute Gasteiger partial charge is 0.376 e. The fourth-order valence-electron chi connectivity index (χ4n) is 4.35. The maximum absolute atomic E-state index is 12.8. The van der Waals surface area contributed by atoms with Gasteiger partial charge in [-0.25, -0.2) is 0 Å². The van der Waals surface area contributed by atoms with Crippen molar-refractivity contribution in [3.8, 4) is 0 Å². The molecule has 0 atom stereocenters. The maximum Gasteiger partial charge on any atom is 0.251 e. The molecule has 152 valence electrons. The highest BCUT2D eigenvalue weighted by molar-refractivity contribution is 5.98. The van der Waals surface area contributed by atoms with Crippen molar-refractivity contribution in [1.82, 2.24) is 5.32 Å². The van der Waals surface area contributed by atoms with Gasteiger partial charge in [0.15, 0.2) is 0 Å². The van der Waals surface area contributed by atoms with Crippen LogP contribution in [0.1, 0.15) is 54.4 Å². The van der Waals surface area contributed by atoms with E-state index < -0.39 is 0 Å². The minimum atomic E-state index is -0.0307. The first-order valence-electron chi connectivity index (χ1n) is 10.7. The van der Waals surface area contributed by atoms with E-state index in [4.69, 9.17) is 0 Å². The van der Waals surface area contributed by atoms with Crippen molar-refractivity contribution in [3.63, 3.8) is 0 Å². The van der Waals surface area contributed by atoms with E-state index in [0.29, 0.717) is 5.56 Å². The third-order valence-electron chi connectivity index (χ3n) is 5.92. The van der Waals surface area contributed by atoms with Crippen molar-refractivity contribution in [1.29, 1.82) is 0 Å². The van der Waals surface area contributed by atoms with Crippen LogP contribution in [0.15, 0.2) is 48.5 Å². The van der Waals surface area contributed by atoms with Gasteiger partial charge in [0.25, 0.3) is 5.91 Å². The number of hydrogen-bond donors (Lipinski definition) is 2. The van der Waals surface area contributed by atoms with E-state index in [1.54, 1.807) is 0 Å². The van der Waals surface area contributed by atoms with Crippen LogP contribution in [0.3, 0.4) is 0 Å². The molecule has 0 aromatic heterocycles. The van der Waals surface area contributed by atoms with Crippen LogP contribution in [0.25, 0.3) is 0 Å². The number of para-hydroxylation sites is 1. The molecule has 5 heteroatoms. The molecule has 2 aromatic rings. The van der Waals surface area contributed by atoms with Crippen molar-refractivity contribution in [2.75, 3.05) is 23.3 Å². The highest BCUT2D eigenvalue weighted by atomic mass is 16.2. The Bertz CT molecular complexity index is 874. The highest BCUT2D eigenvalue weighted by Crippen LogP contribution is 2.26. The molecule has 1 fully saturated rings. The Balaban J connectivity index is 1.36. The Morgan fingerprint density at radius 2 is 1.79 bits per heavy atom. The number of nitrogens with zero attached hydrogens (tertiary/aromatic N) is 1. The summed E-state index contributed by atoms with van der Waals surface area (Å²) in [6.07, 6.45) is 7.78. The van der Waals surface area contributed by atoms with Gasteiger partial charge in [-0.15, -0.1) is 0 Å². The second-order valence-corrected chi connectivity index (χ2v) is 8.02. The van der Waals surface area contributed by atoms with Crippen molar-refractivity contribution in [3.05, 3.63) is 59.7 Å². The molecule has 1 saturated carbocycles. The molecule has 1 heterocycles. The van der Waals surface area contributed by atoms with Crippen LogP contribution in [0, 0.1) is 0 Å². The first-order valence-corrected chi connectivity index (χ1v) is 10.7. The minimum Gasteiger partial charge on any atom is -0.376 e. The van der Waals surface area contributed by atoms with E-state index >= 15 is 0 Å². The van der Waals surface area contributed by atoms with E-state index in [1.165, 1.54) is 24.8 Å². The maximum atomic E-state index is 12.8. The zero-order valence-electron chi connectivity index (χ0n) is 16.8. The number of rotatable bonds is 5. The SMILES string of the molecule is O=C(NC1CCCCC1)c1cccc(NCC(=O)N2CCCc3ccccc32)c1. The average molecular weight is 392 g/mol. The summed E-state index contributed by atoms with van der Waals surface area (Å²) in [6.45, 7) is 0.962. The molecule has 29 heavy (non-hydrogen) atoms. The zero-order chi connectivity index (χ0) is 20.1. The lowest BCUT2D eigenvalue weighted by atomic mass is 9.95. The molecule has 0 radical (unpaired) electrons. The minimum absolute atomic E-state index is 0.0307. The van der Waals surface area contributed by atoms with Crippen LogP contribution in [-0.4, -0.2) is 30.9 Å². The molecule has 0 saturated heterocycles. The summed E-state index contributed by atoms with van der Waals surface area (Å²) < 4.78 is 0. The third-order valence-corrected chi connectivity index (χ3v) is 5.92. The molecule has 2 N–H and O–H groups in total. The van der Waals surface area contributed by atoms with Gasteiger partial charge in [0.05, 0.1) is 6.54 Å². The number of benzene rings is 2. The normalized spacial score (nSPS) is 16.8. The number of anilines is 2. The van der Waals surface area contributed by atoms with Crippen LogP contribution in [0.4, 0.5) is 11.4 Å². The summed E-state index contributed by atoms with van der Waals surface area (Å²) in [5.41, 5.74) is 3.68. The van der Waals surface area contributed by atoms with E-state index in [0.717, 1.165) is 43.6 Å². The molecule has 4 rings (SSSR count). The van der Waals surface area contributed by atoms with Gasteiger partial charge in [-0.3, -0.25) is 9.59 Å². The van der Waals surface area contributed by atoms with E-state index in [-0.39, 0.29) is 24.4 Å².